The van der Waals surface area contributed by atoms with Gasteiger partial charge in [0.25, 0.3) is 0 Å². The molecule has 1 saturated heterocycles. The van der Waals surface area contributed by atoms with Gasteiger partial charge in [-0.3, -0.25) is 14.6 Å². The molecule has 1 aliphatic heterocycles. The molecule has 1 aromatic carbocycles. The van der Waals surface area contributed by atoms with Gasteiger partial charge in [0.15, 0.2) is 17.3 Å². The first-order valence-electron chi connectivity index (χ1n) is 15.1. The molecule has 1 atom stereocenters. The van der Waals surface area contributed by atoms with Crippen LogP contribution in [0.2, 0.25) is 0 Å². The average molecular weight is 686 g/mol. The molecule has 2 aromatic rings. The van der Waals surface area contributed by atoms with E-state index in [1.54, 1.807) is 32.5 Å². The van der Waals surface area contributed by atoms with Crippen LogP contribution in [0, 0.1) is 5.92 Å². The molecule has 3 N–H and O–H groups in total. The molecule has 3 aliphatic rings. The molecule has 12 heteroatoms. The maximum Gasteiger partial charge on any atom is 0.313 e. The first-order chi connectivity index (χ1) is 21.9. The summed E-state index contributed by atoms with van der Waals surface area (Å²) < 4.78 is 38.3. The number of allylic oxidation sites excluding steroid dienone is 6. The highest BCUT2D eigenvalue weighted by Crippen LogP contribution is 2.38. The number of methoxy groups -OCH3 is 2. The van der Waals surface area contributed by atoms with E-state index in [1.165, 1.54) is 6.08 Å². The lowest BCUT2D eigenvalue weighted by atomic mass is 9.99. The van der Waals surface area contributed by atoms with E-state index in [0.717, 1.165) is 43.7 Å². The van der Waals surface area contributed by atoms with Crippen LogP contribution < -0.4 is 30.2 Å². The number of ether oxygens (including phenoxy) is 4. The van der Waals surface area contributed by atoms with Crippen molar-refractivity contribution in [3.8, 4) is 17.2 Å². The molecule has 5 rings (SSSR count). The number of nitrogens with zero attached hydrogens (tertiary/aromatic N) is 1. The van der Waals surface area contributed by atoms with Gasteiger partial charge in [0.05, 0.1) is 26.3 Å². The minimum atomic E-state index is -0.858. The SMILES string of the molecule is COC1=C(CCNC(=O)C(=O)NC2=CC(F)=C(Oc3ccnc4cc(OCC5CCNCC5)c(OC)cc34)CC2)C(Br)CC=C1. The molecule has 0 radical (unpaired) electrons. The fourth-order valence-corrected chi connectivity index (χ4v) is 6.19. The number of piperidine rings is 1. The third kappa shape index (κ3) is 8.23. The number of nitrogens with one attached hydrogen (secondary N) is 3. The summed E-state index contributed by atoms with van der Waals surface area (Å²) in [6.07, 6.45) is 10.6. The molecule has 1 aromatic heterocycles. The second kappa shape index (κ2) is 15.4. The summed E-state index contributed by atoms with van der Waals surface area (Å²) >= 11 is 3.61. The van der Waals surface area contributed by atoms with E-state index in [0.29, 0.717) is 52.8 Å². The number of alkyl halides is 1. The number of hydrogen-bond acceptors (Lipinski definition) is 8. The Hall–Kier alpha value is -3.90. The van der Waals surface area contributed by atoms with Crippen LogP contribution in [0.15, 0.2) is 71.2 Å². The summed E-state index contributed by atoms with van der Waals surface area (Å²) in [7, 11) is 3.17. The molecule has 0 bridgehead atoms. The molecule has 240 valence electrons. The number of hydrogen-bond donors (Lipinski definition) is 3. The van der Waals surface area contributed by atoms with Gasteiger partial charge in [0.2, 0.25) is 0 Å². The zero-order chi connectivity index (χ0) is 31.8. The van der Waals surface area contributed by atoms with Crippen molar-refractivity contribution in [2.24, 2.45) is 5.92 Å². The lowest BCUT2D eigenvalue weighted by Gasteiger charge is -2.23. The van der Waals surface area contributed by atoms with Crippen LogP contribution in [0.25, 0.3) is 10.9 Å². The Labute approximate surface area is 270 Å². The summed E-state index contributed by atoms with van der Waals surface area (Å²) in [5, 5.41) is 9.14. The van der Waals surface area contributed by atoms with E-state index >= 15 is 4.39 Å². The second-order valence-corrected chi connectivity index (χ2v) is 12.1. The lowest BCUT2D eigenvalue weighted by molar-refractivity contribution is -0.138. The summed E-state index contributed by atoms with van der Waals surface area (Å²) in [5.74, 6) is 0.593. The molecular weight excluding hydrogens is 647 g/mol. The van der Waals surface area contributed by atoms with Crippen molar-refractivity contribution in [1.29, 1.82) is 0 Å². The summed E-state index contributed by atoms with van der Waals surface area (Å²) in [5.41, 5.74) is 1.93. The Balaban J connectivity index is 1.20. The van der Waals surface area contributed by atoms with Crippen molar-refractivity contribution in [3.63, 3.8) is 0 Å². The van der Waals surface area contributed by atoms with Crippen LogP contribution >= 0.6 is 15.9 Å². The van der Waals surface area contributed by atoms with Gasteiger partial charge in [-0.2, -0.15) is 0 Å². The second-order valence-electron chi connectivity index (χ2n) is 11.0. The van der Waals surface area contributed by atoms with Gasteiger partial charge in [-0.15, -0.1) is 0 Å². The van der Waals surface area contributed by atoms with E-state index in [-0.39, 0.29) is 30.0 Å². The Kier molecular flexibility index (Phi) is 11.1. The highest BCUT2D eigenvalue weighted by Gasteiger charge is 2.23. The maximum absolute atomic E-state index is 15.2. The van der Waals surface area contributed by atoms with Crippen molar-refractivity contribution >= 4 is 38.6 Å². The number of carbonyl (C=O) groups is 2. The minimum absolute atomic E-state index is 0.106. The fraction of sp³-hybridized carbons (Fsp3) is 0.424. The standard InChI is InChI=1S/C33H38BrFN4O6/c1-42-27-5-3-4-24(34)22(27)10-14-38-32(40)33(41)39-21-6-7-29(25(35)16-21)45-28-11-15-37-26-18-31(30(43-2)17-23(26)28)44-19-20-8-12-36-13-9-20/h3,5,11,15-18,20,24,36H,4,6-10,12-14,19H2,1-2H3,(H,38,40)(H,39,41). The van der Waals surface area contributed by atoms with E-state index in [4.69, 9.17) is 18.9 Å². The molecule has 0 saturated carbocycles. The van der Waals surface area contributed by atoms with Crippen molar-refractivity contribution < 1.29 is 32.9 Å². The number of carbonyl (C=O) groups excluding carboxylic acids is 2. The largest absolute Gasteiger partial charge is 0.497 e. The van der Waals surface area contributed by atoms with Gasteiger partial charge in [0, 0.05) is 41.1 Å². The number of amides is 2. The van der Waals surface area contributed by atoms with Crippen LogP contribution in [0.1, 0.15) is 38.5 Å². The third-order valence-electron chi connectivity index (χ3n) is 8.03. The van der Waals surface area contributed by atoms with E-state index < -0.39 is 17.6 Å². The van der Waals surface area contributed by atoms with Gasteiger partial charge in [-0.25, -0.2) is 4.39 Å². The van der Waals surface area contributed by atoms with Crippen LogP contribution in [-0.4, -0.2) is 62.1 Å². The van der Waals surface area contributed by atoms with Gasteiger partial charge in [-0.1, -0.05) is 22.0 Å². The highest BCUT2D eigenvalue weighted by atomic mass is 79.9. The molecule has 2 heterocycles. The van der Waals surface area contributed by atoms with Gasteiger partial charge in [0.1, 0.15) is 17.3 Å². The average Bonchev–Trinajstić information content (AvgIpc) is 3.05. The zero-order valence-electron chi connectivity index (χ0n) is 25.4. The Morgan fingerprint density at radius 3 is 2.67 bits per heavy atom. The number of fused-ring (bicyclic) bond motifs is 1. The quantitative estimate of drug-likeness (QED) is 0.221. The Morgan fingerprint density at radius 1 is 1.09 bits per heavy atom. The number of pyridine rings is 1. The molecule has 0 spiro atoms. The minimum Gasteiger partial charge on any atom is -0.497 e. The first-order valence-corrected chi connectivity index (χ1v) is 16.0. The molecule has 1 fully saturated rings. The number of halogens is 2. The molecular formula is C33H38BrFN4O6. The molecule has 1 unspecified atom stereocenters. The predicted molar refractivity (Wildman–Crippen MR) is 172 cm³/mol. The van der Waals surface area contributed by atoms with Crippen molar-refractivity contribution in [3.05, 3.63) is 71.2 Å². The molecule has 2 aliphatic carbocycles. The van der Waals surface area contributed by atoms with Crippen LogP contribution in [0.4, 0.5) is 4.39 Å². The van der Waals surface area contributed by atoms with Crippen molar-refractivity contribution in [1.82, 2.24) is 20.9 Å². The molecule has 10 nitrogen and oxygen atoms in total. The zero-order valence-corrected chi connectivity index (χ0v) is 27.0. The molecule has 2 amide bonds. The maximum atomic E-state index is 15.2. The van der Waals surface area contributed by atoms with Crippen LogP contribution in [-0.2, 0) is 14.3 Å². The smallest absolute Gasteiger partial charge is 0.313 e. The topological polar surface area (TPSA) is 120 Å². The van der Waals surface area contributed by atoms with Crippen molar-refractivity contribution in [2.75, 3.05) is 40.5 Å². The van der Waals surface area contributed by atoms with Crippen LogP contribution in [0.5, 0.6) is 17.2 Å². The lowest BCUT2D eigenvalue weighted by Crippen LogP contribution is -2.40. The van der Waals surface area contributed by atoms with E-state index in [2.05, 4.69) is 36.9 Å². The van der Waals surface area contributed by atoms with Crippen LogP contribution in [0.3, 0.4) is 0 Å². The van der Waals surface area contributed by atoms with Gasteiger partial charge in [-0.05, 0) is 81.0 Å². The summed E-state index contributed by atoms with van der Waals surface area (Å²) in [6.45, 7) is 2.82. The molecule has 45 heavy (non-hydrogen) atoms. The monoisotopic (exact) mass is 684 g/mol. The van der Waals surface area contributed by atoms with E-state index in [1.807, 2.05) is 18.2 Å². The van der Waals surface area contributed by atoms with E-state index in [9.17, 15) is 9.59 Å². The highest BCUT2D eigenvalue weighted by molar-refractivity contribution is 9.09. The Morgan fingerprint density at radius 2 is 1.91 bits per heavy atom. The third-order valence-corrected chi connectivity index (χ3v) is 8.96. The Bertz CT molecular complexity index is 1550. The fourth-order valence-electron chi connectivity index (χ4n) is 5.52. The number of benzene rings is 1. The first kappa shape index (κ1) is 32.5. The van der Waals surface area contributed by atoms with Gasteiger partial charge < -0.3 is 34.9 Å². The number of rotatable bonds is 11. The van der Waals surface area contributed by atoms with Gasteiger partial charge >= 0.3 is 11.8 Å². The predicted octanol–water partition coefficient (Wildman–Crippen LogP) is 5.11. The number of aromatic nitrogens is 1. The normalized spacial score (nSPS) is 18.8. The van der Waals surface area contributed by atoms with Crippen molar-refractivity contribution in [2.45, 2.75) is 43.4 Å². The summed E-state index contributed by atoms with van der Waals surface area (Å²) in [6, 6.07) is 5.26. The summed E-state index contributed by atoms with van der Waals surface area (Å²) in [4.78, 5) is 29.5.